The van der Waals surface area contributed by atoms with Gasteiger partial charge in [0.2, 0.25) is 0 Å². The van der Waals surface area contributed by atoms with E-state index in [2.05, 4.69) is 15.9 Å². The first-order valence-corrected chi connectivity index (χ1v) is 5.24. The first-order chi connectivity index (χ1) is 5.16. The third-order valence-corrected chi connectivity index (χ3v) is 3.64. The summed E-state index contributed by atoms with van der Waals surface area (Å²) < 4.78 is 13.6. The highest BCUT2D eigenvalue weighted by atomic mass is 79.9. The summed E-state index contributed by atoms with van der Waals surface area (Å²) in [5, 5.41) is 0.538. The number of hydrogen-bond donors (Lipinski definition) is 0. The van der Waals surface area contributed by atoms with Gasteiger partial charge >= 0.3 is 0 Å². The average Bonchev–Trinajstić information content (AvgIpc) is 1.99. The molecule has 0 N–H and O–H groups in total. The summed E-state index contributed by atoms with van der Waals surface area (Å²) in [5.74, 6) is -0.242. The van der Waals surface area contributed by atoms with E-state index in [4.69, 9.17) is 11.6 Å². The van der Waals surface area contributed by atoms with Crippen LogP contribution in [-0.4, -0.2) is 6.26 Å². The molecule has 0 atom stereocenters. The SMILES string of the molecule is CSc1c(F)ccc(Cl)c1Br. The van der Waals surface area contributed by atoms with Gasteiger partial charge in [0, 0.05) is 0 Å². The second-order valence-electron chi connectivity index (χ2n) is 1.88. The third kappa shape index (κ3) is 1.89. The molecular formula is C7H5BrClFS. The maximum absolute atomic E-state index is 12.9. The van der Waals surface area contributed by atoms with Crippen molar-refractivity contribution in [3.8, 4) is 0 Å². The highest BCUT2D eigenvalue weighted by Gasteiger charge is 2.08. The van der Waals surface area contributed by atoms with Gasteiger partial charge in [-0.3, -0.25) is 0 Å². The summed E-state index contributed by atoms with van der Waals surface area (Å²) in [6.07, 6.45) is 1.81. The van der Waals surface area contributed by atoms with E-state index in [9.17, 15) is 4.39 Å². The van der Waals surface area contributed by atoms with Gasteiger partial charge in [-0.2, -0.15) is 0 Å². The Labute approximate surface area is 82.3 Å². The highest BCUT2D eigenvalue weighted by molar-refractivity contribution is 9.10. The Balaban J connectivity index is 3.29. The lowest BCUT2D eigenvalue weighted by Gasteiger charge is -2.02. The summed E-state index contributed by atoms with van der Waals surface area (Å²) in [4.78, 5) is 0.553. The first-order valence-electron chi connectivity index (χ1n) is 2.84. The van der Waals surface area contributed by atoms with Crippen molar-refractivity contribution in [2.75, 3.05) is 6.26 Å². The topological polar surface area (TPSA) is 0 Å². The minimum atomic E-state index is -0.242. The molecule has 0 bridgehead atoms. The molecule has 0 nitrogen and oxygen atoms in total. The Morgan fingerprint density at radius 1 is 1.55 bits per heavy atom. The van der Waals surface area contributed by atoms with Crippen LogP contribution in [0.3, 0.4) is 0 Å². The van der Waals surface area contributed by atoms with Crippen LogP contribution in [0.2, 0.25) is 5.02 Å². The second-order valence-corrected chi connectivity index (χ2v) is 3.89. The molecule has 1 aromatic rings. The zero-order valence-electron chi connectivity index (χ0n) is 5.70. The number of benzene rings is 1. The molecule has 1 aromatic carbocycles. The molecule has 0 aliphatic heterocycles. The van der Waals surface area contributed by atoms with Crippen molar-refractivity contribution in [3.63, 3.8) is 0 Å². The van der Waals surface area contributed by atoms with Gasteiger partial charge in [-0.1, -0.05) is 11.6 Å². The molecule has 0 heterocycles. The summed E-state index contributed by atoms with van der Waals surface area (Å²) in [6.45, 7) is 0. The van der Waals surface area contributed by atoms with Gasteiger partial charge in [-0.15, -0.1) is 11.8 Å². The van der Waals surface area contributed by atoms with Crippen LogP contribution in [0.5, 0.6) is 0 Å². The van der Waals surface area contributed by atoms with Gasteiger partial charge in [0.25, 0.3) is 0 Å². The Bertz CT molecular complexity index is 277. The molecule has 0 radical (unpaired) electrons. The lowest BCUT2D eigenvalue weighted by atomic mass is 10.3. The van der Waals surface area contributed by atoms with E-state index in [1.165, 1.54) is 23.9 Å². The van der Waals surface area contributed by atoms with Crippen LogP contribution >= 0.6 is 39.3 Å². The molecule has 0 saturated carbocycles. The number of hydrogen-bond acceptors (Lipinski definition) is 1. The summed E-state index contributed by atoms with van der Waals surface area (Å²) in [5.41, 5.74) is 0. The van der Waals surface area contributed by atoms with E-state index in [0.29, 0.717) is 14.4 Å². The van der Waals surface area contributed by atoms with Crippen molar-refractivity contribution in [3.05, 3.63) is 27.4 Å². The minimum absolute atomic E-state index is 0.242. The van der Waals surface area contributed by atoms with Crippen molar-refractivity contribution >= 4 is 39.3 Å². The van der Waals surface area contributed by atoms with E-state index in [0.717, 1.165) is 0 Å². The maximum atomic E-state index is 12.9. The van der Waals surface area contributed by atoms with Crippen molar-refractivity contribution in [2.45, 2.75) is 4.90 Å². The Morgan fingerprint density at radius 3 is 2.64 bits per heavy atom. The molecule has 0 fully saturated rings. The normalized spacial score (nSPS) is 10.2. The highest BCUT2D eigenvalue weighted by Crippen LogP contribution is 2.33. The van der Waals surface area contributed by atoms with Crippen LogP contribution in [0.1, 0.15) is 0 Å². The lowest BCUT2D eigenvalue weighted by Crippen LogP contribution is -1.82. The first kappa shape index (κ1) is 9.36. The van der Waals surface area contributed by atoms with Crippen LogP contribution in [0.25, 0.3) is 0 Å². The number of halogens is 3. The number of thioether (sulfide) groups is 1. The standard InChI is InChI=1S/C7H5BrClFS/c1-11-7-5(10)3-2-4(9)6(7)8/h2-3H,1H3. The Morgan fingerprint density at radius 2 is 2.18 bits per heavy atom. The van der Waals surface area contributed by atoms with Crippen LogP contribution in [0.15, 0.2) is 21.5 Å². The molecule has 0 amide bonds. The van der Waals surface area contributed by atoms with Crippen molar-refractivity contribution in [1.82, 2.24) is 0 Å². The van der Waals surface area contributed by atoms with E-state index >= 15 is 0 Å². The summed E-state index contributed by atoms with van der Waals surface area (Å²) in [6, 6.07) is 2.89. The molecule has 0 aliphatic rings. The fourth-order valence-electron chi connectivity index (χ4n) is 0.696. The molecule has 1 rings (SSSR count). The minimum Gasteiger partial charge on any atom is -0.206 e. The van der Waals surface area contributed by atoms with Crippen molar-refractivity contribution < 1.29 is 4.39 Å². The monoisotopic (exact) mass is 254 g/mol. The van der Waals surface area contributed by atoms with E-state index < -0.39 is 0 Å². The smallest absolute Gasteiger partial charge is 0.137 e. The van der Waals surface area contributed by atoms with Crippen molar-refractivity contribution in [1.29, 1.82) is 0 Å². The second kappa shape index (κ2) is 3.78. The fourth-order valence-corrected chi connectivity index (χ4v) is 2.27. The molecule has 0 aromatic heterocycles. The van der Waals surface area contributed by atoms with E-state index in [1.807, 2.05) is 0 Å². The summed E-state index contributed by atoms with van der Waals surface area (Å²) in [7, 11) is 0. The molecule has 0 aliphatic carbocycles. The van der Waals surface area contributed by atoms with Gasteiger partial charge in [-0.25, -0.2) is 4.39 Å². The zero-order valence-corrected chi connectivity index (χ0v) is 8.86. The van der Waals surface area contributed by atoms with Gasteiger partial charge < -0.3 is 0 Å². The van der Waals surface area contributed by atoms with E-state index in [-0.39, 0.29) is 5.82 Å². The maximum Gasteiger partial charge on any atom is 0.137 e. The average molecular weight is 256 g/mol. The molecule has 11 heavy (non-hydrogen) atoms. The molecule has 4 heteroatoms. The number of rotatable bonds is 1. The van der Waals surface area contributed by atoms with Crippen LogP contribution < -0.4 is 0 Å². The van der Waals surface area contributed by atoms with Gasteiger partial charge in [0.05, 0.1) is 14.4 Å². The van der Waals surface area contributed by atoms with Crippen molar-refractivity contribution in [2.24, 2.45) is 0 Å². The van der Waals surface area contributed by atoms with Gasteiger partial charge in [-0.05, 0) is 34.3 Å². The van der Waals surface area contributed by atoms with Crippen LogP contribution in [-0.2, 0) is 0 Å². The van der Waals surface area contributed by atoms with E-state index in [1.54, 1.807) is 6.26 Å². The molecular weight excluding hydrogens is 250 g/mol. The Kier molecular flexibility index (Phi) is 3.22. The predicted octanol–water partition coefficient (Wildman–Crippen LogP) is 3.96. The molecule has 0 spiro atoms. The quantitative estimate of drug-likeness (QED) is 0.541. The zero-order chi connectivity index (χ0) is 8.43. The molecule has 0 saturated heterocycles. The van der Waals surface area contributed by atoms with Gasteiger partial charge in [0.1, 0.15) is 5.82 Å². The largest absolute Gasteiger partial charge is 0.206 e. The van der Waals surface area contributed by atoms with Crippen LogP contribution in [0.4, 0.5) is 4.39 Å². The molecule has 60 valence electrons. The third-order valence-electron chi connectivity index (χ3n) is 1.21. The lowest BCUT2D eigenvalue weighted by molar-refractivity contribution is 0.600. The fraction of sp³-hybridized carbons (Fsp3) is 0.143. The van der Waals surface area contributed by atoms with Gasteiger partial charge in [0.15, 0.2) is 0 Å². The van der Waals surface area contributed by atoms with Crippen LogP contribution in [0, 0.1) is 5.82 Å². The Hall–Kier alpha value is 0.270. The summed E-state index contributed by atoms with van der Waals surface area (Å²) >= 11 is 10.3. The predicted molar refractivity (Wildman–Crippen MR) is 50.9 cm³/mol. The molecule has 0 unspecified atom stereocenters.